The second kappa shape index (κ2) is 6.95. The van der Waals surface area contributed by atoms with Crippen molar-refractivity contribution in [2.24, 2.45) is 0 Å². The highest BCUT2D eigenvalue weighted by Crippen LogP contribution is 2.17. The van der Waals surface area contributed by atoms with Crippen LogP contribution in [0.3, 0.4) is 0 Å². The van der Waals surface area contributed by atoms with Crippen LogP contribution in [0.5, 0.6) is 0 Å². The van der Waals surface area contributed by atoms with Gasteiger partial charge in [-0.1, -0.05) is 17.7 Å². The van der Waals surface area contributed by atoms with Crippen molar-refractivity contribution < 1.29 is 9.59 Å². The van der Waals surface area contributed by atoms with Gasteiger partial charge in [-0.15, -0.1) is 11.8 Å². The maximum absolute atomic E-state index is 12.0. The smallest absolute Gasteiger partial charge is 0.234 e. The first-order valence-electron chi connectivity index (χ1n) is 6.98. The summed E-state index contributed by atoms with van der Waals surface area (Å²) in [5, 5.41) is 8.95. The van der Waals surface area contributed by atoms with Gasteiger partial charge in [0.1, 0.15) is 5.50 Å². The number of aryl methyl sites for hydroxylation is 2. The van der Waals surface area contributed by atoms with Gasteiger partial charge in [0.2, 0.25) is 11.8 Å². The normalized spacial score (nSPS) is 21.8. The third-order valence-corrected chi connectivity index (χ3v) is 4.27. The number of anilines is 1. The van der Waals surface area contributed by atoms with E-state index in [1.165, 1.54) is 17.3 Å². The number of hydrogen-bond acceptors (Lipinski definition) is 4. The zero-order valence-corrected chi connectivity index (χ0v) is 13.3. The number of thioether (sulfide) groups is 1. The maximum atomic E-state index is 12.0. The largest absolute Gasteiger partial charge is 0.332 e. The van der Waals surface area contributed by atoms with Crippen LogP contribution in [-0.2, 0) is 9.59 Å². The van der Waals surface area contributed by atoms with Crippen LogP contribution < -0.4 is 16.0 Å². The number of carbonyl (C=O) groups excluding carboxylic acids is 2. The van der Waals surface area contributed by atoms with Crippen LogP contribution in [0.4, 0.5) is 5.69 Å². The first-order chi connectivity index (χ1) is 9.94. The summed E-state index contributed by atoms with van der Waals surface area (Å²) in [5.74, 6) is 0.243. The number of carbonyl (C=O) groups is 2. The number of hydrogen-bond donors (Lipinski definition) is 3. The zero-order valence-electron chi connectivity index (χ0n) is 12.5. The molecule has 0 spiro atoms. The topological polar surface area (TPSA) is 70.2 Å². The maximum Gasteiger partial charge on any atom is 0.234 e. The molecule has 21 heavy (non-hydrogen) atoms. The molecule has 0 bridgehead atoms. The summed E-state index contributed by atoms with van der Waals surface area (Å²) in [5.41, 5.74) is 2.85. The van der Waals surface area contributed by atoms with Gasteiger partial charge in [-0.25, -0.2) is 0 Å². The molecule has 6 heteroatoms. The minimum absolute atomic E-state index is 0.0218. The van der Waals surface area contributed by atoms with E-state index in [1.54, 1.807) is 0 Å². The van der Waals surface area contributed by atoms with Gasteiger partial charge in [0.05, 0.1) is 5.75 Å². The Hall–Kier alpha value is -1.53. The third-order valence-electron chi connectivity index (χ3n) is 3.26. The number of nitrogens with one attached hydrogen (secondary N) is 3. The Balaban J connectivity index is 1.83. The van der Waals surface area contributed by atoms with E-state index in [4.69, 9.17) is 0 Å². The summed E-state index contributed by atoms with van der Waals surface area (Å²) in [6, 6.07) is 6.06. The van der Waals surface area contributed by atoms with Crippen molar-refractivity contribution >= 4 is 29.3 Å². The third kappa shape index (κ3) is 4.75. The summed E-state index contributed by atoms with van der Waals surface area (Å²) in [6.45, 7) is 5.95. The molecule has 1 aliphatic rings. The van der Waals surface area contributed by atoms with Gasteiger partial charge in [-0.2, -0.15) is 0 Å². The average molecular weight is 307 g/mol. The van der Waals surface area contributed by atoms with E-state index >= 15 is 0 Å². The van der Waals surface area contributed by atoms with Crippen molar-refractivity contribution in [1.29, 1.82) is 0 Å². The predicted molar refractivity (Wildman–Crippen MR) is 86.1 cm³/mol. The molecule has 1 aliphatic heterocycles. The molecule has 2 unspecified atom stereocenters. The Morgan fingerprint density at radius 1 is 1.43 bits per heavy atom. The van der Waals surface area contributed by atoms with Crippen LogP contribution in [0.1, 0.15) is 24.5 Å². The van der Waals surface area contributed by atoms with Crippen LogP contribution in [0.15, 0.2) is 18.2 Å². The molecule has 1 saturated heterocycles. The van der Waals surface area contributed by atoms with E-state index in [-0.39, 0.29) is 29.1 Å². The second-order valence-electron chi connectivity index (χ2n) is 5.40. The summed E-state index contributed by atoms with van der Waals surface area (Å²) >= 11 is 1.39. The molecule has 1 aromatic rings. The summed E-state index contributed by atoms with van der Waals surface area (Å²) in [4.78, 5) is 23.4. The molecular weight excluding hydrogens is 286 g/mol. The van der Waals surface area contributed by atoms with Crippen molar-refractivity contribution in [3.8, 4) is 0 Å². The number of rotatable bonds is 4. The zero-order chi connectivity index (χ0) is 15.4. The van der Waals surface area contributed by atoms with Gasteiger partial charge in [0.15, 0.2) is 0 Å². The van der Waals surface area contributed by atoms with Gasteiger partial charge in [-0.05, 0) is 32.4 Å². The van der Waals surface area contributed by atoms with Gasteiger partial charge < -0.3 is 10.6 Å². The highest BCUT2D eigenvalue weighted by molar-refractivity contribution is 8.00. The fourth-order valence-electron chi connectivity index (χ4n) is 2.23. The van der Waals surface area contributed by atoms with Crippen LogP contribution in [0.2, 0.25) is 0 Å². The second-order valence-corrected chi connectivity index (χ2v) is 6.49. The predicted octanol–water partition coefficient (Wildman–Crippen LogP) is 1.76. The van der Waals surface area contributed by atoms with Crippen molar-refractivity contribution in [1.82, 2.24) is 10.6 Å². The Bertz CT molecular complexity index is 548. The van der Waals surface area contributed by atoms with Crippen LogP contribution in [-0.4, -0.2) is 29.1 Å². The molecule has 0 aliphatic carbocycles. The number of benzene rings is 1. The molecule has 0 radical (unpaired) electrons. The molecule has 1 fully saturated rings. The Kier molecular flexibility index (Phi) is 5.25. The van der Waals surface area contributed by atoms with Crippen molar-refractivity contribution in [3.63, 3.8) is 0 Å². The molecule has 0 aromatic heterocycles. The lowest BCUT2D eigenvalue weighted by Crippen LogP contribution is -2.53. The molecule has 114 valence electrons. The summed E-state index contributed by atoms with van der Waals surface area (Å²) < 4.78 is 0. The first-order valence-corrected chi connectivity index (χ1v) is 8.03. The molecule has 2 atom stereocenters. The Labute approximate surface area is 129 Å². The molecule has 2 rings (SSSR count). The van der Waals surface area contributed by atoms with E-state index in [2.05, 4.69) is 16.0 Å². The summed E-state index contributed by atoms with van der Waals surface area (Å²) in [7, 11) is 0. The van der Waals surface area contributed by atoms with E-state index in [0.29, 0.717) is 6.42 Å². The first kappa shape index (κ1) is 15.9. The molecule has 1 heterocycles. The van der Waals surface area contributed by atoms with E-state index < -0.39 is 0 Å². The van der Waals surface area contributed by atoms with Crippen LogP contribution in [0.25, 0.3) is 0 Å². The molecule has 0 saturated carbocycles. The van der Waals surface area contributed by atoms with Gasteiger partial charge in [0.25, 0.3) is 0 Å². The minimum Gasteiger partial charge on any atom is -0.332 e. The fraction of sp³-hybridized carbons (Fsp3) is 0.467. The standard InChI is InChI=1S/C15H21N3O2S/c1-9-4-5-12(10(2)6-9)17-14(20)8-21-15-16-11(3)7-13(19)18-15/h4-6,11,15-16H,7-8H2,1-3H3,(H,17,20)(H,18,19). The molecule has 1 aromatic carbocycles. The molecular formula is C15H21N3O2S. The van der Waals surface area contributed by atoms with Crippen molar-refractivity contribution in [2.75, 3.05) is 11.1 Å². The van der Waals surface area contributed by atoms with Gasteiger partial charge in [-0.3, -0.25) is 14.9 Å². The molecule has 3 N–H and O–H groups in total. The number of amides is 2. The van der Waals surface area contributed by atoms with Crippen LogP contribution in [0, 0.1) is 13.8 Å². The van der Waals surface area contributed by atoms with E-state index in [0.717, 1.165) is 11.3 Å². The highest BCUT2D eigenvalue weighted by Gasteiger charge is 2.23. The Morgan fingerprint density at radius 3 is 2.86 bits per heavy atom. The SMILES string of the molecule is Cc1ccc(NC(=O)CSC2NC(=O)CC(C)N2)c(C)c1. The monoisotopic (exact) mass is 307 g/mol. The minimum atomic E-state index is -0.203. The van der Waals surface area contributed by atoms with Gasteiger partial charge in [0, 0.05) is 18.2 Å². The lowest BCUT2D eigenvalue weighted by molar-refractivity contribution is -0.123. The molecule has 5 nitrogen and oxygen atoms in total. The van der Waals surface area contributed by atoms with Crippen molar-refractivity contribution in [2.45, 2.75) is 38.7 Å². The Morgan fingerprint density at radius 2 is 2.19 bits per heavy atom. The molecule has 2 amide bonds. The lowest BCUT2D eigenvalue weighted by atomic mass is 10.1. The van der Waals surface area contributed by atoms with E-state index in [9.17, 15) is 9.59 Å². The quantitative estimate of drug-likeness (QED) is 0.793. The lowest BCUT2D eigenvalue weighted by Gasteiger charge is -2.28. The van der Waals surface area contributed by atoms with Crippen molar-refractivity contribution in [3.05, 3.63) is 29.3 Å². The van der Waals surface area contributed by atoms with E-state index in [1.807, 2.05) is 39.0 Å². The summed E-state index contributed by atoms with van der Waals surface area (Å²) in [6.07, 6.45) is 0.478. The fourth-order valence-corrected chi connectivity index (χ4v) is 3.16. The van der Waals surface area contributed by atoms with Crippen LogP contribution >= 0.6 is 11.8 Å². The average Bonchev–Trinajstić information content (AvgIpc) is 2.39. The highest BCUT2D eigenvalue weighted by atomic mass is 32.2. The van der Waals surface area contributed by atoms with Gasteiger partial charge >= 0.3 is 0 Å².